The molecule has 2 N–H and O–H groups in total. The zero-order valence-electron chi connectivity index (χ0n) is 10.9. The van der Waals surface area contributed by atoms with Crippen molar-refractivity contribution in [3.8, 4) is 0 Å². The molecule has 2 rings (SSSR count). The van der Waals surface area contributed by atoms with E-state index in [0.717, 1.165) is 25.6 Å². The molecule has 2 aliphatic rings. The van der Waals surface area contributed by atoms with Crippen molar-refractivity contribution in [3.63, 3.8) is 0 Å². The standard InChI is InChI=1S/C13H26N2O/c1-13(2)5-4-10(7-13)14-8-11-6-12(16-3)9-15-11/h10-12,14-15H,4-9H2,1-3H3. The summed E-state index contributed by atoms with van der Waals surface area (Å²) in [5.41, 5.74) is 0.551. The maximum Gasteiger partial charge on any atom is 0.0711 e. The van der Waals surface area contributed by atoms with Gasteiger partial charge in [0.15, 0.2) is 0 Å². The molecule has 1 heterocycles. The minimum absolute atomic E-state index is 0.423. The molecule has 3 nitrogen and oxygen atoms in total. The van der Waals surface area contributed by atoms with E-state index in [1.807, 2.05) is 7.11 Å². The zero-order valence-corrected chi connectivity index (χ0v) is 10.9. The van der Waals surface area contributed by atoms with Crippen LogP contribution in [-0.2, 0) is 4.74 Å². The maximum atomic E-state index is 5.36. The molecule has 94 valence electrons. The Morgan fingerprint density at radius 2 is 2.25 bits per heavy atom. The van der Waals surface area contributed by atoms with Gasteiger partial charge in [0.05, 0.1) is 6.10 Å². The summed E-state index contributed by atoms with van der Waals surface area (Å²) in [4.78, 5) is 0. The van der Waals surface area contributed by atoms with Gasteiger partial charge in [0.1, 0.15) is 0 Å². The molecule has 3 unspecified atom stereocenters. The predicted molar refractivity (Wildman–Crippen MR) is 66.6 cm³/mol. The minimum atomic E-state index is 0.423. The topological polar surface area (TPSA) is 33.3 Å². The molecule has 1 saturated heterocycles. The molecule has 0 radical (unpaired) electrons. The van der Waals surface area contributed by atoms with Crippen LogP contribution < -0.4 is 10.6 Å². The van der Waals surface area contributed by atoms with Crippen LogP contribution in [0.25, 0.3) is 0 Å². The summed E-state index contributed by atoms with van der Waals surface area (Å²) in [5, 5.41) is 7.22. The summed E-state index contributed by atoms with van der Waals surface area (Å²) >= 11 is 0. The van der Waals surface area contributed by atoms with Crippen LogP contribution in [-0.4, -0.2) is 38.4 Å². The first kappa shape index (κ1) is 12.3. The van der Waals surface area contributed by atoms with E-state index in [2.05, 4.69) is 24.5 Å². The van der Waals surface area contributed by atoms with Gasteiger partial charge in [-0.25, -0.2) is 0 Å². The summed E-state index contributed by atoms with van der Waals surface area (Å²) in [7, 11) is 1.81. The van der Waals surface area contributed by atoms with Crippen LogP contribution in [0.1, 0.15) is 39.5 Å². The van der Waals surface area contributed by atoms with E-state index in [-0.39, 0.29) is 0 Å². The first-order chi connectivity index (χ1) is 7.59. The number of hydrogen-bond acceptors (Lipinski definition) is 3. The Morgan fingerprint density at radius 3 is 2.81 bits per heavy atom. The highest BCUT2D eigenvalue weighted by molar-refractivity contribution is 4.89. The van der Waals surface area contributed by atoms with Crippen LogP contribution in [0, 0.1) is 5.41 Å². The first-order valence-electron chi connectivity index (χ1n) is 6.59. The van der Waals surface area contributed by atoms with Crippen LogP contribution in [0.5, 0.6) is 0 Å². The highest BCUT2D eigenvalue weighted by Gasteiger charge is 2.31. The largest absolute Gasteiger partial charge is 0.380 e. The van der Waals surface area contributed by atoms with E-state index >= 15 is 0 Å². The predicted octanol–water partition coefficient (Wildman–Crippen LogP) is 1.53. The quantitative estimate of drug-likeness (QED) is 0.763. The molecular formula is C13H26N2O. The van der Waals surface area contributed by atoms with Crippen LogP contribution in [0.15, 0.2) is 0 Å². The van der Waals surface area contributed by atoms with E-state index in [4.69, 9.17) is 4.74 Å². The van der Waals surface area contributed by atoms with Gasteiger partial charge in [-0.1, -0.05) is 13.8 Å². The molecule has 3 atom stereocenters. The van der Waals surface area contributed by atoms with Crippen molar-refractivity contribution in [2.24, 2.45) is 5.41 Å². The Balaban J connectivity index is 1.65. The lowest BCUT2D eigenvalue weighted by Crippen LogP contribution is -2.38. The molecule has 0 aromatic rings. The van der Waals surface area contributed by atoms with Crippen molar-refractivity contribution < 1.29 is 4.74 Å². The van der Waals surface area contributed by atoms with Gasteiger partial charge >= 0.3 is 0 Å². The average Bonchev–Trinajstić information content (AvgIpc) is 2.81. The van der Waals surface area contributed by atoms with E-state index in [1.54, 1.807) is 0 Å². The summed E-state index contributed by atoms with van der Waals surface area (Å²) in [6.07, 6.45) is 5.61. The normalized spacial score (nSPS) is 38.1. The first-order valence-corrected chi connectivity index (χ1v) is 6.59. The minimum Gasteiger partial charge on any atom is -0.380 e. The lowest BCUT2D eigenvalue weighted by Gasteiger charge is -2.19. The second-order valence-corrected chi connectivity index (χ2v) is 6.21. The number of hydrogen-bond donors (Lipinski definition) is 2. The van der Waals surface area contributed by atoms with Gasteiger partial charge in [0.25, 0.3) is 0 Å². The third kappa shape index (κ3) is 3.19. The second kappa shape index (κ2) is 5.03. The van der Waals surface area contributed by atoms with Gasteiger partial charge in [0, 0.05) is 32.3 Å². The lowest BCUT2D eigenvalue weighted by atomic mass is 9.92. The number of rotatable bonds is 4. The van der Waals surface area contributed by atoms with E-state index in [0.29, 0.717) is 17.6 Å². The number of nitrogens with one attached hydrogen (secondary N) is 2. The summed E-state index contributed by atoms with van der Waals surface area (Å²) in [6.45, 7) is 6.87. The Bertz CT molecular complexity index is 230. The van der Waals surface area contributed by atoms with Gasteiger partial charge < -0.3 is 15.4 Å². The van der Waals surface area contributed by atoms with Crippen molar-refractivity contribution in [1.82, 2.24) is 10.6 Å². The van der Waals surface area contributed by atoms with Crippen molar-refractivity contribution >= 4 is 0 Å². The van der Waals surface area contributed by atoms with Gasteiger partial charge in [0.2, 0.25) is 0 Å². The highest BCUT2D eigenvalue weighted by atomic mass is 16.5. The molecular weight excluding hydrogens is 200 g/mol. The monoisotopic (exact) mass is 226 g/mol. The fourth-order valence-electron chi connectivity index (χ4n) is 3.04. The van der Waals surface area contributed by atoms with Crippen LogP contribution in [0.3, 0.4) is 0 Å². The zero-order chi connectivity index (χ0) is 11.6. The lowest BCUT2D eigenvalue weighted by molar-refractivity contribution is 0.117. The molecule has 0 bridgehead atoms. The maximum absolute atomic E-state index is 5.36. The number of methoxy groups -OCH3 is 1. The molecule has 16 heavy (non-hydrogen) atoms. The van der Waals surface area contributed by atoms with Crippen molar-refractivity contribution in [3.05, 3.63) is 0 Å². The Morgan fingerprint density at radius 1 is 1.44 bits per heavy atom. The third-order valence-electron chi connectivity index (χ3n) is 4.14. The number of ether oxygens (including phenoxy) is 1. The van der Waals surface area contributed by atoms with Gasteiger partial charge in [-0.3, -0.25) is 0 Å². The van der Waals surface area contributed by atoms with Gasteiger partial charge in [-0.15, -0.1) is 0 Å². The summed E-state index contributed by atoms with van der Waals surface area (Å²) in [5.74, 6) is 0. The summed E-state index contributed by atoms with van der Waals surface area (Å²) < 4.78 is 5.36. The van der Waals surface area contributed by atoms with E-state index in [1.165, 1.54) is 19.3 Å². The third-order valence-corrected chi connectivity index (χ3v) is 4.14. The molecule has 3 heteroatoms. The molecule has 0 aromatic heterocycles. The Labute approximate surface area is 99.3 Å². The van der Waals surface area contributed by atoms with Crippen molar-refractivity contribution in [2.45, 2.75) is 57.7 Å². The van der Waals surface area contributed by atoms with Crippen molar-refractivity contribution in [2.75, 3.05) is 20.2 Å². The van der Waals surface area contributed by atoms with Crippen molar-refractivity contribution in [1.29, 1.82) is 0 Å². The Kier molecular flexibility index (Phi) is 3.88. The molecule has 1 aliphatic carbocycles. The molecule has 2 fully saturated rings. The van der Waals surface area contributed by atoms with Crippen LogP contribution in [0.4, 0.5) is 0 Å². The second-order valence-electron chi connectivity index (χ2n) is 6.21. The molecule has 1 saturated carbocycles. The smallest absolute Gasteiger partial charge is 0.0711 e. The van der Waals surface area contributed by atoms with Crippen LogP contribution in [0.2, 0.25) is 0 Å². The molecule has 0 aromatic carbocycles. The molecule has 0 spiro atoms. The summed E-state index contributed by atoms with van der Waals surface area (Å²) in [6, 6.07) is 1.34. The molecule has 0 amide bonds. The SMILES string of the molecule is COC1CNC(CNC2CCC(C)(C)C2)C1. The highest BCUT2D eigenvalue weighted by Crippen LogP contribution is 2.36. The fraction of sp³-hybridized carbons (Fsp3) is 1.00. The fourth-order valence-corrected chi connectivity index (χ4v) is 3.04. The van der Waals surface area contributed by atoms with Gasteiger partial charge in [-0.05, 0) is 31.1 Å². The average molecular weight is 226 g/mol. The van der Waals surface area contributed by atoms with Gasteiger partial charge in [-0.2, -0.15) is 0 Å². The molecule has 1 aliphatic heterocycles. The van der Waals surface area contributed by atoms with E-state index in [9.17, 15) is 0 Å². The Hall–Kier alpha value is -0.120. The van der Waals surface area contributed by atoms with E-state index < -0.39 is 0 Å². The van der Waals surface area contributed by atoms with Crippen LogP contribution >= 0.6 is 0 Å².